The normalized spacial score (nSPS) is 10.0. The smallest absolute Gasteiger partial charge is 0.331 e. The van der Waals surface area contributed by atoms with Crippen molar-refractivity contribution in [2.45, 2.75) is 0 Å². The number of para-hydroxylation sites is 1. The number of anilines is 1. The summed E-state index contributed by atoms with van der Waals surface area (Å²) in [5, 5.41) is 13.6. The number of nitro groups is 1. The minimum Gasteiger partial charge on any atom is -0.430 e. The highest BCUT2D eigenvalue weighted by molar-refractivity contribution is 5.50. The largest absolute Gasteiger partial charge is 0.430 e. The van der Waals surface area contributed by atoms with Crippen molar-refractivity contribution in [1.29, 1.82) is 0 Å². The molecule has 0 fully saturated rings. The molecule has 6 nitrogen and oxygen atoms in total. The summed E-state index contributed by atoms with van der Waals surface area (Å²) in [7, 11) is 1.61. The molecule has 0 spiro atoms. The Balaban J connectivity index is 2.43. The van der Waals surface area contributed by atoms with E-state index in [1.165, 1.54) is 30.3 Å². The molecule has 0 aliphatic carbocycles. The average Bonchev–Trinajstić information content (AvgIpc) is 2.41. The summed E-state index contributed by atoms with van der Waals surface area (Å²) < 4.78 is 18.6. The number of pyridine rings is 1. The van der Waals surface area contributed by atoms with Gasteiger partial charge in [-0.1, -0.05) is 12.1 Å². The van der Waals surface area contributed by atoms with Crippen LogP contribution >= 0.6 is 0 Å². The van der Waals surface area contributed by atoms with Crippen LogP contribution in [0.5, 0.6) is 11.6 Å². The van der Waals surface area contributed by atoms with Crippen LogP contribution in [0.2, 0.25) is 0 Å². The highest BCUT2D eigenvalue weighted by atomic mass is 19.1. The summed E-state index contributed by atoms with van der Waals surface area (Å²) in [5.74, 6) is -0.612. The van der Waals surface area contributed by atoms with Crippen molar-refractivity contribution in [2.24, 2.45) is 0 Å². The monoisotopic (exact) mass is 263 g/mol. The predicted octanol–water partition coefficient (Wildman–Crippen LogP) is 2.96. The number of ether oxygens (including phenoxy) is 1. The Bertz CT molecular complexity index is 619. The van der Waals surface area contributed by atoms with E-state index in [4.69, 9.17) is 4.74 Å². The molecule has 0 amide bonds. The molecule has 2 rings (SSSR count). The molecule has 1 N–H and O–H groups in total. The number of nitrogens with one attached hydrogen (secondary N) is 1. The van der Waals surface area contributed by atoms with Gasteiger partial charge in [0.15, 0.2) is 11.6 Å². The second-order valence-corrected chi connectivity index (χ2v) is 3.56. The van der Waals surface area contributed by atoms with E-state index in [1.807, 2.05) is 0 Å². The Hall–Kier alpha value is -2.70. The third-order valence-electron chi connectivity index (χ3n) is 2.34. The first-order valence-electron chi connectivity index (χ1n) is 5.37. The average molecular weight is 263 g/mol. The Morgan fingerprint density at radius 1 is 1.32 bits per heavy atom. The van der Waals surface area contributed by atoms with E-state index in [1.54, 1.807) is 13.1 Å². The number of aromatic nitrogens is 1. The third kappa shape index (κ3) is 2.76. The lowest BCUT2D eigenvalue weighted by Crippen LogP contribution is -2.00. The highest BCUT2D eigenvalue weighted by Gasteiger charge is 2.19. The van der Waals surface area contributed by atoms with Gasteiger partial charge in [-0.2, -0.15) is 4.98 Å². The molecule has 0 aliphatic heterocycles. The van der Waals surface area contributed by atoms with Gasteiger partial charge in [-0.25, -0.2) is 4.39 Å². The molecule has 0 saturated heterocycles. The molecule has 19 heavy (non-hydrogen) atoms. The molecule has 0 saturated carbocycles. The summed E-state index contributed by atoms with van der Waals surface area (Å²) in [6, 6.07) is 8.30. The molecular formula is C12H10FN3O3. The Morgan fingerprint density at radius 2 is 2.05 bits per heavy atom. The molecule has 7 heteroatoms. The van der Waals surface area contributed by atoms with Crippen LogP contribution in [0.15, 0.2) is 36.4 Å². The van der Waals surface area contributed by atoms with E-state index in [-0.39, 0.29) is 17.3 Å². The fourth-order valence-electron chi connectivity index (χ4n) is 1.42. The van der Waals surface area contributed by atoms with Gasteiger partial charge >= 0.3 is 11.6 Å². The summed E-state index contributed by atoms with van der Waals surface area (Å²) in [6.07, 6.45) is 0. The van der Waals surface area contributed by atoms with Gasteiger partial charge in [0.1, 0.15) is 5.82 Å². The summed E-state index contributed by atoms with van der Waals surface area (Å²) in [4.78, 5) is 14.1. The van der Waals surface area contributed by atoms with Crippen molar-refractivity contribution in [2.75, 3.05) is 12.4 Å². The van der Waals surface area contributed by atoms with Crippen LogP contribution in [0.4, 0.5) is 15.9 Å². The highest BCUT2D eigenvalue weighted by Crippen LogP contribution is 2.31. The van der Waals surface area contributed by atoms with Crippen LogP contribution in [0.1, 0.15) is 0 Å². The van der Waals surface area contributed by atoms with Crippen LogP contribution in [0.3, 0.4) is 0 Å². The van der Waals surface area contributed by atoms with E-state index in [2.05, 4.69) is 10.3 Å². The summed E-state index contributed by atoms with van der Waals surface area (Å²) >= 11 is 0. The fourth-order valence-corrected chi connectivity index (χ4v) is 1.42. The van der Waals surface area contributed by atoms with E-state index in [0.29, 0.717) is 5.82 Å². The predicted molar refractivity (Wildman–Crippen MR) is 66.9 cm³/mol. The van der Waals surface area contributed by atoms with Gasteiger partial charge in [-0.15, -0.1) is 0 Å². The van der Waals surface area contributed by atoms with Crippen LogP contribution < -0.4 is 10.1 Å². The molecule has 0 unspecified atom stereocenters. The molecule has 0 aliphatic rings. The maximum atomic E-state index is 13.5. The summed E-state index contributed by atoms with van der Waals surface area (Å²) in [5.41, 5.74) is -0.331. The van der Waals surface area contributed by atoms with Gasteiger partial charge in [0, 0.05) is 13.1 Å². The van der Waals surface area contributed by atoms with E-state index in [0.717, 1.165) is 0 Å². The van der Waals surface area contributed by atoms with Crippen molar-refractivity contribution in [3.05, 3.63) is 52.3 Å². The van der Waals surface area contributed by atoms with Crippen molar-refractivity contribution in [3.63, 3.8) is 0 Å². The molecule has 1 heterocycles. The first-order chi connectivity index (χ1) is 9.11. The molecule has 2 aromatic rings. The number of hydrogen-bond donors (Lipinski definition) is 1. The lowest BCUT2D eigenvalue weighted by Gasteiger charge is -2.07. The van der Waals surface area contributed by atoms with Gasteiger partial charge in [0.25, 0.3) is 0 Å². The van der Waals surface area contributed by atoms with Crippen molar-refractivity contribution < 1.29 is 14.1 Å². The molecule has 0 atom stereocenters. The Kier molecular flexibility index (Phi) is 3.56. The zero-order valence-electron chi connectivity index (χ0n) is 9.96. The lowest BCUT2D eigenvalue weighted by molar-refractivity contribution is -0.386. The zero-order chi connectivity index (χ0) is 13.8. The maximum Gasteiger partial charge on any atom is 0.331 e. The van der Waals surface area contributed by atoms with Gasteiger partial charge in [-0.3, -0.25) is 10.1 Å². The van der Waals surface area contributed by atoms with Gasteiger partial charge in [0.05, 0.1) is 4.92 Å². The number of benzene rings is 1. The molecule has 98 valence electrons. The standard InChI is InChI=1S/C12H10FN3O3/c1-14-11-7-6-9(16(17)18)12(15-11)19-10-5-3-2-4-8(10)13/h2-7H,1H3,(H,14,15). The minimum absolute atomic E-state index is 0.119. The number of nitrogens with zero attached hydrogens (tertiary/aromatic N) is 2. The second kappa shape index (κ2) is 5.30. The van der Waals surface area contributed by atoms with Gasteiger partial charge in [-0.05, 0) is 18.2 Å². The first kappa shape index (κ1) is 12.7. The van der Waals surface area contributed by atoms with Crippen LogP contribution in [-0.4, -0.2) is 17.0 Å². The van der Waals surface area contributed by atoms with Crippen LogP contribution in [0.25, 0.3) is 0 Å². The molecule has 0 radical (unpaired) electrons. The van der Waals surface area contributed by atoms with Crippen LogP contribution in [-0.2, 0) is 0 Å². The zero-order valence-corrected chi connectivity index (χ0v) is 9.96. The maximum absolute atomic E-state index is 13.5. The Labute approximate surface area is 108 Å². The molecule has 1 aromatic heterocycles. The lowest BCUT2D eigenvalue weighted by atomic mass is 10.3. The van der Waals surface area contributed by atoms with Gasteiger partial charge < -0.3 is 10.1 Å². The third-order valence-corrected chi connectivity index (χ3v) is 2.34. The van der Waals surface area contributed by atoms with E-state index in [9.17, 15) is 14.5 Å². The summed E-state index contributed by atoms with van der Waals surface area (Å²) in [6.45, 7) is 0. The second-order valence-electron chi connectivity index (χ2n) is 3.56. The Morgan fingerprint density at radius 3 is 2.68 bits per heavy atom. The quantitative estimate of drug-likeness (QED) is 0.677. The van der Waals surface area contributed by atoms with Crippen molar-refractivity contribution in [3.8, 4) is 11.6 Å². The SMILES string of the molecule is CNc1ccc([N+](=O)[O-])c(Oc2ccccc2F)n1. The van der Waals surface area contributed by atoms with E-state index >= 15 is 0 Å². The minimum atomic E-state index is -0.636. The fraction of sp³-hybridized carbons (Fsp3) is 0.0833. The number of hydrogen-bond acceptors (Lipinski definition) is 5. The molecular weight excluding hydrogens is 253 g/mol. The molecule has 1 aromatic carbocycles. The van der Waals surface area contributed by atoms with Crippen molar-refractivity contribution in [1.82, 2.24) is 4.98 Å². The first-order valence-corrected chi connectivity index (χ1v) is 5.37. The van der Waals surface area contributed by atoms with Gasteiger partial charge in [0.2, 0.25) is 0 Å². The topological polar surface area (TPSA) is 77.3 Å². The number of rotatable bonds is 4. The van der Waals surface area contributed by atoms with E-state index < -0.39 is 10.7 Å². The number of halogens is 1. The van der Waals surface area contributed by atoms with Crippen molar-refractivity contribution >= 4 is 11.5 Å². The molecule has 0 bridgehead atoms. The van der Waals surface area contributed by atoms with Crippen LogP contribution in [0, 0.1) is 15.9 Å².